The van der Waals surface area contributed by atoms with Crippen molar-refractivity contribution in [1.29, 1.82) is 0 Å². The second-order valence-electron chi connectivity index (χ2n) is 4.88. The third kappa shape index (κ3) is 2.99. The number of carboxylic acids is 1. The average Bonchev–Trinajstić information content (AvgIpc) is 2.26. The maximum absolute atomic E-state index is 11.9. The second-order valence-corrected chi connectivity index (χ2v) is 4.88. The number of hydrogen-bond donors (Lipinski definition) is 1. The standard InChI is InChI=1S/C14H15NO4/c1-9-5-12(16)15(13(17)6-9)11-4-2-3-10(7-11)8-14(18)19/h2-4,7,9H,5-6,8H2,1H3,(H,18,19). The smallest absolute Gasteiger partial charge is 0.307 e. The quantitative estimate of drug-likeness (QED) is 0.839. The summed E-state index contributed by atoms with van der Waals surface area (Å²) in [5, 5.41) is 8.76. The number of imide groups is 1. The highest BCUT2D eigenvalue weighted by molar-refractivity contribution is 6.16. The van der Waals surface area contributed by atoms with Crippen LogP contribution in [0, 0.1) is 5.92 Å². The van der Waals surface area contributed by atoms with Crippen LogP contribution in [0.4, 0.5) is 5.69 Å². The molecule has 100 valence electrons. The van der Waals surface area contributed by atoms with Gasteiger partial charge in [0.05, 0.1) is 12.1 Å². The van der Waals surface area contributed by atoms with Gasteiger partial charge in [-0.25, -0.2) is 0 Å². The Labute approximate surface area is 110 Å². The lowest BCUT2D eigenvalue weighted by Gasteiger charge is -2.28. The largest absolute Gasteiger partial charge is 0.481 e. The fourth-order valence-corrected chi connectivity index (χ4v) is 2.26. The molecule has 1 aromatic carbocycles. The Balaban J connectivity index is 2.28. The van der Waals surface area contributed by atoms with E-state index in [0.29, 0.717) is 24.1 Å². The third-order valence-corrected chi connectivity index (χ3v) is 3.07. The van der Waals surface area contributed by atoms with Crippen LogP contribution in [0.1, 0.15) is 25.3 Å². The monoisotopic (exact) mass is 261 g/mol. The number of nitrogens with zero attached hydrogens (tertiary/aromatic N) is 1. The minimum atomic E-state index is -0.943. The highest BCUT2D eigenvalue weighted by atomic mass is 16.4. The first-order valence-electron chi connectivity index (χ1n) is 6.14. The van der Waals surface area contributed by atoms with E-state index < -0.39 is 5.97 Å². The summed E-state index contributed by atoms with van der Waals surface area (Å²) in [7, 11) is 0. The summed E-state index contributed by atoms with van der Waals surface area (Å²) in [6, 6.07) is 6.56. The van der Waals surface area contributed by atoms with Gasteiger partial charge in [0.25, 0.3) is 0 Å². The fraction of sp³-hybridized carbons (Fsp3) is 0.357. The Morgan fingerprint density at radius 1 is 1.32 bits per heavy atom. The summed E-state index contributed by atoms with van der Waals surface area (Å²) in [5.41, 5.74) is 1.03. The molecular formula is C14H15NO4. The van der Waals surface area contributed by atoms with E-state index in [4.69, 9.17) is 5.11 Å². The summed E-state index contributed by atoms with van der Waals surface area (Å²) >= 11 is 0. The molecule has 0 radical (unpaired) electrons. The van der Waals surface area contributed by atoms with E-state index in [1.807, 2.05) is 6.92 Å². The van der Waals surface area contributed by atoms with Crippen molar-refractivity contribution in [2.24, 2.45) is 5.92 Å². The van der Waals surface area contributed by atoms with Crippen LogP contribution in [-0.2, 0) is 20.8 Å². The molecule has 1 saturated heterocycles. The van der Waals surface area contributed by atoms with Gasteiger partial charge in [-0.2, -0.15) is 0 Å². The Kier molecular flexibility index (Phi) is 3.64. The molecule has 2 rings (SSSR count). The van der Waals surface area contributed by atoms with Gasteiger partial charge in [0.2, 0.25) is 11.8 Å². The first-order valence-corrected chi connectivity index (χ1v) is 6.14. The maximum Gasteiger partial charge on any atom is 0.307 e. The Morgan fingerprint density at radius 2 is 1.95 bits per heavy atom. The molecule has 1 aliphatic heterocycles. The van der Waals surface area contributed by atoms with Gasteiger partial charge in [-0.05, 0) is 23.6 Å². The number of carboxylic acid groups (broad SMARTS) is 1. The summed E-state index contributed by atoms with van der Waals surface area (Å²) in [6.07, 6.45) is 0.560. The number of carbonyl (C=O) groups is 3. The SMILES string of the molecule is CC1CC(=O)N(c2cccc(CC(=O)O)c2)C(=O)C1. The number of carbonyl (C=O) groups excluding carboxylic acids is 2. The van der Waals surface area contributed by atoms with Crippen molar-refractivity contribution in [3.05, 3.63) is 29.8 Å². The molecule has 19 heavy (non-hydrogen) atoms. The van der Waals surface area contributed by atoms with Crippen molar-refractivity contribution in [3.63, 3.8) is 0 Å². The zero-order valence-corrected chi connectivity index (χ0v) is 10.6. The number of anilines is 1. The van der Waals surface area contributed by atoms with Gasteiger partial charge in [-0.15, -0.1) is 0 Å². The van der Waals surface area contributed by atoms with Crippen molar-refractivity contribution < 1.29 is 19.5 Å². The van der Waals surface area contributed by atoms with Gasteiger partial charge in [0, 0.05) is 12.8 Å². The Bertz CT molecular complexity index is 520. The molecule has 0 atom stereocenters. The molecule has 0 aliphatic carbocycles. The summed E-state index contributed by atoms with van der Waals surface area (Å²) in [6.45, 7) is 1.87. The Hall–Kier alpha value is -2.17. The van der Waals surface area contributed by atoms with Crippen LogP contribution in [0.5, 0.6) is 0 Å². The van der Waals surface area contributed by atoms with Crippen LogP contribution in [-0.4, -0.2) is 22.9 Å². The van der Waals surface area contributed by atoms with Crippen LogP contribution >= 0.6 is 0 Å². The molecule has 1 aliphatic rings. The van der Waals surface area contributed by atoms with Crippen molar-refractivity contribution in [3.8, 4) is 0 Å². The van der Waals surface area contributed by atoms with Crippen molar-refractivity contribution in [2.45, 2.75) is 26.2 Å². The highest BCUT2D eigenvalue weighted by Crippen LogP contribution is 2.25. The van der Waals surface area contributed by atoms with Crippen LogP contribution in [0.2, 0.25) is 0 Å². The van der Waals surface area contributed by atoms with Gasteiger partial charge < -0.3 is 5.11 Å². The maximum atomic E-state index is 11.9. The van der Waals surface area contributed by atoms with E-state index in [-0.39, 0.29) is 24.2 Å². The minimum absolute atomic E-state index is 0.0680. The lowest BCUT2D eigenvalue weighted by molar-refractivity contribution is -0.136. The highest BCUT2D eigenvalue weighted by Gasteiger charge is 2.31. The van der Waals surface area contributed by atoms with Crippen LogP contribution < -0.4 is 4.90 Å². The molecular weight excluding hydrogens is 246 g/mol. The topological polar surface area (TPSA) is 74.7 Å². The van der Waals surface area contributed by atoms with E-state index in [1.165, 1.54) is 0 Å². The molecule has 5 heteroatoms. The van der Waals surface area contributed by atoms with Crippen molar-refractivity contribution in [1.82, 2.24) is 0 Å². The van der Waals surface area contributed by atoms with Gasteiger partial charge in [0.15, 0.2) is 0 Å². The molecule has 0 saturated carbocycles. The second kappa shape index (κ2) is 5.22. The van der Waals surface area contributed by atoms with Crippen LogP contribution in [0.25, 0.3) is 0 Å². The lowest BCUT2D eigenvalue weighted by atomic mass is 9.97. The molecule has 0 aromatic heterocycles. The van der Waals surface area contributed by atoms with Crippen molar-refractivity contribution in [2.75, 3.05) is 4.90 Å². The molecule has 5 nitrogen and oxygen atoms in total. The molecule has 0 bridgehead atoms. The first kappa shape index (κ1) is 13.3. The van der Waals surface area contributed by atoms with E-state index in [2.05, 4.69) is 0 Å². The average molecular weight is 261 g/mol. The molecule has 1 aromatic rings. The molecule has 0 spiro atoms. The molecule has 0 unspecified atom stereocenters. The van der Waals surface area contributed by atoms with Gasteiger partial charge in [-0.1, -0.05) is 19.1 Å². The number of benzene rings is 1. The molecule has 1 N–H and O–H groups in total. The van der Waals surface area contributed by atoms with E-state index in [0.717, 1.165) is 4.90 Å². The summed E-state index contributed by atoms with van der Waals surface area (Å²) in [5.74, 6) is -1.33. The van der Waals surface area contributed by atoms with Gasteiger partial charge in [0.1, 0.15) is 0 Å². The van der Waals surface area contributed by atoms with Gasteiger partial charge >= 0.3 is 5.97 Å². The number of amides is 2. The predicted molar refractivity (Wildman–Crippen MR) is 68.7 cm³/mol. The summed E-state index contributed by atoms with van der Waals surface area (Å²) in [4.78, 5) is 35.7. The molecule has 2 amide bonds. The van der Waals surface area contributed by atoms with Gasteiger partial charge in [-0.3, -0.25) is 19.3 Å². The zero-order valence-electron chi connectivity index (χ0n) is 10.6. The fourth-order valence-electron chi connectivity index (χ4n) is 2.26. The minimum Gasteiger partial charge on any atom is -0.481 e. The van der Waals surface area contributed by atoms with Crippen LogP contribution in [0.3, 0.4) is 0 Å². The lowest BCUT2D eigenvalue weighted by Crippen LogP contribution is -2.42. The molecule has 1 fully saturated rings. The normalized spacial score (nSPS) is 16.8. The van der Waals surface area contributed by atoms with E-state index >= 15 is 0 Å². The third-order valence-electron chi connectivity index (χ3n) is 3.07. The Morgan fingerprint density at radius 3 is 2.53 bits per heavy atom. The van der Waals surface area contributed by atoms with E-state index in [1.54, 1.807) is 24.3 Å². The van der Waals surface area contributed by atoms with Crippen LogP contribution in [0.15, 0.2) is 24.3 Å². The summed E-state index contributed by atoms with van der Waals surface area (Å²) < 4.78 is 0. The number of piperidine rings is 1. The van der Waals surface area contributed by atoms with Crippen molar-refractivity contribution >= 4 is 23.5 Å². The number of rotatable bonds is 3. The predicted octanol–water partition coefficient (Wildman–Crippen LogP) is 1.60. The zero-order chi connectivity index (χ0) is 14.0. The number of aliphatic carboxylic acids is 1. The van der Waals surface area contributed by atoms with E-state index in [9.17, 15) is 14.4 Å². The first-order chi connectivity index (χ1) is 8.97. The number of hydrogen-bond acceptors (Lipinski definition) is 3. The molecule has 1 heterocycles.